The van der Waals surface area contributed by atoms with Crippen molar-refractivity contribution in [3.63, 3.8) is 0 Å². The van der Waals surface area contributed by atoms with Gasteiger partial charge in [-0.15, -0.1) is 0 Å². The van der Waals surface area contributed by atoms with Crippen molar-refractivity contribution in [2.45, 2.75) is 33.6 Å². The van der Waals surface area contributed by atoms with Crippen LogP contribution in [0.15, 0.2) is 53.7 Å². The van der Waals surface area contributed by atoms with E-state index in [1.54, 1.807) is 12.4 Å². The minimum absolute atomic E-state index is 0.479. The van der Waals surface area contributed by atoms with E-state index < -0.39 is 0 Å². The van der Waals surface area contributed by atoms with Crippen molar-refractivity contribution < 1.29 is 0 Å². The minimum atomic E-state index is 0.479. The Morgan fingerprint density at radius 1 is 1.00 bits per heavy atom. The van der Waals surface area contributed by atoms with Crippen LogP contribution in [0.1, 0.15) is 44.9 Å². The summed E-state index contributed by atoms with van der Waals surface area (Å²) in [5.41, 5.74) is 3.17. The molecule has 0 saturated heterocycles. The number of hydrogen-bond acceptors (Lipinski definition) is 2. The van der Waals surface area contributed by atoms with Crippen molar-refractivity contribution >= 4 is 11.9 Å². The molecule has 0 radical (unpaired) electrons. The molecule has 0 aliphatic heterocycles. The molecule has 2 aromatic rings. The van der Waals surface area contributed by atoms with E-state index in [1.807, 2.05) is 44.2 Å². The van der Waals surface area contributed by atoms with Gasteiger partial charge in [-0.25, -0.2) is 0 Å². The van der Waals surface area contributed by atoms with Crippen molar-refractivity contribution in [3.05, 3.63) is 59.9 Å². The van der Waals surface area contributed by atoms with Crippen LogP contribution in [0.2, 0.25) is 0 Å². The fourth-order valence-electron chi connectivity index (χ4n) is 1.68. The molecule has 0 spiro atoms. The van der Waals surface area contributed by atoms with Gasteiger partial charge in [-0.2, -0.15) is 0 Å². The predicted molar refractivity (Wildman–Crippen MR) is 83.4 cm³/mol. The number of benzene rings is 1. The van der Waals surface area contributed by atoms with E-state index >= 15 is 0 Å². The first-order valence-corrected chi connectivity index (χ1v) is 6.81. The van der Waals surface area contributed by atoms with Crippen LogP contribution in [0.25, 0.3) is 0 Å². The number of hydrogen-bond donors (Lipinski definition) is 0. The van der Waals surface area contributed by atoms with Gasteiger partial charge in [-0.05, 0) is 29.7 Å². The molecule has 1 heterocycles. The van der Waals surface area contributed by atoms with E-state index in [9.17, 15) is 0 Å². The first-order valence-electron chi connectivity index (χ1n) is 6.81. The Balaban J connectivity index is 0.000000861. The SMILES string of the molecule is CC.CC(C)c1ccccc1N=Cc1ccccn1. The number of aromatic nitrogens is 1. The Labute approximate surface area is 116 Å². The zero-order valence-corrected chi connectivity index (χ0v) is 12.2. The quantitative estimate of drug-likeness (QED) is 0.709. The lowest BCUT2D eigenvalue weighted by atomic mass is 10.0. The van der Waals surface area contributed by atoms with Gasteiger partial charge >= 0.3 is 0 Å². The van der Waals surface area contributed by atoms with Gasteiger partial charge in [0.25, 0.3) is 0 Å². The molecule has 0 N–H and O–H groups in total. The van der Waals surface area contributed by atoms with Gasteiger partial charge in [0.15, 0.2) is 0 Å². The fourth-order valence-corrected chi connectivity index (χ4v) is 1.68. The molecule has 0 amide bonds. The molecule has 0 unspecified atom stereocenters. The summed E-state index contributed by atoms with van der Waals surface area (Å²) >= 11 is 0. The maximum absolute atomic E-state index is 4.51. The smallest absolute Gasteiger partial charge is 0.0812 e. The lowest BCUT2D eigenvalue weighted by Gasteiger charge is -2.08. The molecule has 1 aromatic carbocycles. The molecule has 1 aromatic heterocycles. The third kappa shape index (κ3) is 4.66. The van der Waals surface area contributed by atoms with E-state index in [-0.39, 0.29) is 0 Å². The summed E-state index contributed by atoms with van der Waals surface area (Å²) in [7, 11) is 0. The number of para-hydroxylation sites is 1. The number of rotatable bonds is 3. The maximum Gasteiger partial charge on any atom is 0.0812 e. The Bertz CT molecular complexity index is 502. The number of pyridine rings is 1. The standard InChI is InChI=1S/C15H16N2.C2H6/c1-12(2)14-8-3-4-9-15(14)17-11-13-7-5-6-10-16-13;1-2/h3-12H,1-2H3;1-2H3. The van der Waals surface area contributed by atoms with Crippen LogP contribution in [0.3, 0.4) is 0 Å². The van der Waals surface area contributed by atoms with Gasteiger partial charge in [-0.1, -0.05) is 52.0 Å². The fraction of sp³-hybridized carbons (Fsp3) is 0.294. The second kappa shape index (κ2) is 8.20. The molecule has 0 saturated carbocycles. The Morgan fingerprint density at radius 2 is 1.68 bits per heavy atom. The van der Waals surface area contributed by atoms with Crippen LogP contribution in [0.4, 0.5) is 5.69 Å². The van der Waals surface area contributed by atoms with Crippen molar-refractivity contribution in [3.8, 4) is 0 Å². The minimum Gasteiger partial charge on any atom is -0.255 e. The van der Waals surface area contributed by atoms with E-state index in [0.29, 0.717) is 5.92 Å². The van der Waals surface area contributed by atoms with Gasteiger partial charge in [0, 0.05) is 6.20 Å². The molecule has 0 aliphatic carbocycles. The lowest BCUT2D eigenvalue weighted by molar-refractivity contribution is 0.867. The van der Waals surface area contributed by atoms with Crippen molar-refractivity contribution in [1.82, 2.24) is 4.98 Å². The summed E-state index contributed by atoms with van der Waals surface area (Å²) in [5, 5.41) is 0. The average Bonchev–Trinajstić information content (AvgIpc) is 2.48. The van der Waals surface area contributed by atoms with Crippen LogP contribution in [0.5, 0.6) is 0 Å². The summed E-state index contributed by atoms with van der Waals surface area (Å²) in [6.07, 6.45) is 3.58. The van der Waals surface area contributed by atoms with E-state index in [0.717, 1.165) is 11.4 Å². The summed E-state index contributed by atoms with van der Waals surface area (Å²) in [5.74, 6) is 0.479. The summed E-state index contributed by atoms with van der Waals surface area (Å²) in [6, 6.07) is 14.0. The van der Waals surface area contributed by atoms with Crippen LogP contribution >= 0.6 is 0 Å². The van der Waals surface area contributed by atoms with E-state index in [1.165, 1.54) is 5.56 Å². The van der Waals surface area contributed by atoms with Gasteiger partial charge in [-0.3, -0.25) is 9.98 Å². The zero-order chi connectivity index (χ0) is 14.1. The lowest BCUT2D eigenvalue weighted by Crippen LogP contribution is -1.89. The molecule has 0 aliphatic rings. The molecule has 0 bridgehead atoms. The van der Waals surface area contributed by atoms with E-state index in [2.05, 4.69) is 36.0 Å². The molecule has 2 heteroatoms. The molecule has 100 valence electrons. The Hall–Kier alpha value is -1.96. The topological polar surface area (TPSA) is 25.2 Å². The molecular weight excluding hydrogens is 232 g/mol. The molecule has 0 fully saturated rings. The average molecular weight is 254 g/mol. The molecule has 2 nitrogen and oxygen atoms in total. The van der Waals surface area contributed by atoms with Gasteiger partial charge in [0.05, 0.1) is 17.6 Å². The van der Waals surface area contributed by atoms with Crippen LogP contribution in [-0.4, -0.2) is 11.2 Å². The highest BCUT2D eigenvalue weighted by atomic mass is 14.8. The predicted octanol–water partition coefficient (Wildman–Crippen LogP) is 4.98. The third-order valence-corrected chi connectivity index (χ3v) is 2.58. The zero-order valence-electron chi connectivity index (χ0n) is 12.2. The normalized spacial score (nSPS) is 10.4. The van der Waals surface area contributed by atoms with Gasteiger partial charge in [0.2, 0.25) is 0 Å². The van der Waals surface area contributed by atoms with Crippen molar-refractivity contribution in [2.75, 3.05) is 0 Å². The third-order valence-electron chi connectivity index (χ3n) is 2.58. The van der Waals surface area contributed by atoms with Crippen LogP contribution in [-0.2, 0) is 0 Å². The second-order valence-corrected chi connectivity index (χ2v) is 4.23. The number of aliphatic imine (C=N–C) groups is 1. The van der Waals surface area contributed by atoms with Crippen LogP contribution in [0, 0.1) is 0 Å². The highest BCUT2D eigenvalue weighted by Gasteiger charge is 2.03. The maximum atomic E-state index is 4.51. The summed E-state index contributed by atoms with van der Waals surface area (Å²) < 4.78 is 0. The molecule has 0 atom stereocenters. The highest BCUT2D eigenvalue weighted by molar-refractivity contribution is 5.79. The van der Waals surface area contributed by atoms with Crippen LogP contribution < -0.4 is 0 Å². The van der Waals surface area contributed by atoms with Gasteiger partial charge in [0.1, 0.15) is 0 Å². The monoisotopic (exact) mass is 254 g/mol. The summed E-state index contributed by atoms with van der Waals surface area (Å²) in [4.78, 5) is 8.73. The second-order valence-electron chi connectivity index (χ2n) is 4.23. The highest BCUT2D eigenvalue weighted by Crippen LogP contribution is 2.25. The molecular formula is C17H22N2. The van der Waals surface area contributed by atoms with E-state index in [4.69, 9.17) is 0 Å². The largest absolute Gasteiger partial charge is 0.255 e. The Morgan fingerprint density at radius 3 is 2.32 bits per heavy atom. The van der Waals surface area contributed by atoms with Crippen molar-refractivity contribution in [1.29, 1.82) is 0 Å². The first-order chi connectivity index (χ1) is 9.27. The summed E-state index contributed by atoms with van der Waals surface area (Å²) in [6.45, 7) is 8.35. The van der Waals surface area contributed by atoms with Gasteiger partial charge < -0.3 is 0 Å². The first kappa shape index (κ1) is 15.1. The molecule has 2 rings (SSSR count). The molecule has 19 heavy (non-hydrogen) atoms. The van der Waals surface area contributed by atoms with Crippen molar-refractivity contribution in [2.24, 2.45) is 4.99 Å². The number of nitrogens with zero attached hydrogens (tertiary/aromatic N) is 2. The Kier molecular flexibility index (Phi) is 6.51.